The van der Waals surface area contributed by atoms with Crippen LogP contribution in [0.2, 0.25) is 0 Å². The van der Waals surface area contributed by atoms with Gasteiger partial charge in [0, 0.05) is 24.3 Å². The van der Waals surface area contributed by atoms with Gasteiger partial charge in [-0.05, 0) is 50.3 Å². The standard InChI is InChI=1S/C23H28N4O4/c1-14-12-25-19(13-24-14)23(29)26-16-10-17-5-6-18(11-16)27(17)22(28)9-15-4-7-20(30-2)21(8-15)31-3/h4,7-8,12-13,16-18H,5-6,9-11H2,1-3H3,(H,26,29). The Labute approximate surface area is 182 Å². The maximum absolute atomic E-state index is 13.1. The number of fused-ring (bicyclic) bond motifs is 2. The van der Waals surface area contributed by atoms with E-state index in [9.17, 15) is 9.59 Å². The van der Waals surface area contributed by atoms with E-state index in [4.69, 9.17) is 9.47 Å². The number of carbonyl (C=O) groups excluding carboxylic acids is 2. The van der Waals surface area contributed by atoms with Crippen LogP contribution in [0, 0.1) is 6.92 Å². The zero-order valence-electron chi connectivity index (χ0n) is 18.1. The lowest BCUT2D eigenvalue weighted by Gasteiger charge is -2.39. The Morgan fingerprint density at radius 3 is 2.39 bits per heavy atom. The quantitative estimate of drug-likeness (QED) is 0.765. The molecule has 2 atom stereocenters. The molecule has 3 heterocycles. The van der Waals surface area contributed by atoms with Crippen molar-refractivity contribution in [2.75, 3.05) is 14.2 Å². The van der Waals surface area contributed by atoms with Crippen molar-refractivity contribution in [3.63, 3.8) is 0 Å². The zero-order chi connectivity index (χ0) is 22.0. The van der Waals surface area contributed by atoms with Crippen LogP contribution in [0.25, 0.3) is 0 Å². The highest BCUT2D eigenvalue weighted by atomic mass is 16.5. The molecule has 1 N–H and O–H groups in total. The van der Waals surface area contributed by atoms with Gasteiger partial charge in [-0.15, -0.1) is 0 Å². The fraction of sp³-hybridized carbons (Fsp3) is 0.478. The number of piperidine rings is 1. The highest BCUT2D eigenvalue weighted by molar-refractivity contribution is 5.92. The van der Waals surface area contributed by atoms with E-state index in [0.717, 1.165) is 36.9 Å². The van der Waals surface area contributed by atoms with Crippen molar-refractivity contribution in [1.82, 2.24) is 20.2 Å². The molecule has 2 unspecified atom stereocenters. The van der Waals surface area contributed by atoms with E-state index in [2.05, 4.69) is 15.3 Å². The molecule has 2 saturated heterocycles. The summed E-state index contributed by atoms with van der Waals surface area (Å²) in [5.41, 5.74) is 2.00. The minimum atomic E-state index is -0.206. The third kappa shape index (κ3) is 4.47. The molecule has 164 valence electrons. The maximum Gasteiger partial charge on any atom is 0.271 e. The Bertz CT molecular complexity index is 949. The minimum Gasteiger partial charge on any atom is -0.493 e. The van der Waals surface area contributed by atoms with Crippen LogP contribution in [0.1, 0.15) is 47.4 Å². The van der Waals surface area contributed by atoms with Gasteiger partial charge in [-0.2, -0.15) is 0 Å². The first kappa shape index (κ1) is 21.1. The molecule has 2 aromatic rings. The van der Waals surface area contributed by atoms with Crippen LogP contribution >= 0.6 is 0 Å². The number of methoxy groups -OCH3 is 2. The highest BCUT2D eigenvalue weighted by Crippen LogP contribution is 2.36. The molecule has 31 heavy (non-hydrogen) atoms. The van der Waals surface area contributed by atoms with Crippen molar-refractivity contribution in [2.45, 2.75) is 57.2 Å². The van der Waals surface area contributed by atoms with Gasteiger partial charge in [0.1, 0.15) is 5.69 Å². The van der Waals surface area contributed by atoms with Crippen LogP contribution in [0.4, 0.5) is 0 Å². The van der Waals surface area contributed by atoms with E-state index in [1.54, 1.807) is 20.4 Å². The van der Waals surface area contributed by atoms with Gasteiger partial charge >= 0.3 is 0 Å². The lowest BCUT2D eigenvalue weighted by atomic mass is 9.96. The number of amides is 2. The smallest absolute Gasteiger partial charge is 0.271 e. The average Bonchev–Trinajstić information content (AvgIpc) is 3.04. The minimum absolute atomic E-state index is 0.0400. The predicted octanol–water partition coefficient (Wildman–Crippen LogP) is 2.30. The molecule has 2 bridgehead atoms. The predicted molar refractivity (Wildman–Crippen MR) is 114 cm³/mol. The number of hydrogen-bond acceptors (Lipinski definition) is 6. The number of benzene rings is 1. The van der Waals surface area contributed by atoms with Crippen molar-refractivity contribution in [3.05, 3.63) is 47.5 Å². The van der Waals surface area contributed by atoms with Crippen molar-refractivity contribution < 1.29 is 19.1 Å². The number of aromatic nitrogens is 2. The molecule has 0 aliphatic carbocycles. The summed E-state index contributed by atoms with van der Waals surface area (Å²) in [5, 5.41) is 3.08. The second kappa shape index (κ2) is 8.91. The van der Waals surface area contributed by atoms with Gasteiger partial charge < -0.3 is 19.7 Å². The summed E-state index contributed by atoms with van der Waals surface area (Å²) < 4.78 is 10.6. The molecule has 2 amide bonds. The number of nitrogens with zero attached hydrogens (tertiary/aromatic N) is 3. The Morgan fingerprint density at radius 1 is 1.06 bits per heavy atom. The third-order valence-corrected chi connectivity index (χ3v) is 6.17. The van der Waals surface area contributed by atoms with Crippen LogP contribution < -0.4 is 14.8 Å². The first-order valence-corrected chi connectivity index (χ1v) is 10.6. The molecule has 0 saturated carbocycles. The largest absolute Gasteiger partial charge is 0.493 e. The summed E-state index contributed by atoms with van der Waals surface area (Å²) in [6, 6.07) is 5.93. The summed E-state index contributed by atoms with van der Waals surface area (Å²) in [5.74, 6) is 1.18. The van der Waals surface area contributed by atoms with E-state index >= 15 is 0 Å². The second-order valence-electron chi connectivity index (χ2n) is 8.24. The topological polar surface area (TPSA) is 93.7 Å². The first-order chi connectivity index (χ1) is 15.0. The SMILES string of the molecule is COc1ccc(CC(=O)N2C3CCC2CC(NC(=O)c2cnc(C)cn2)C3)cc1OC. The molecule has 8 heteroatoms. The van der Waals surface area contributed by atoms with E-state index in [0.29, 0.717) is 23.6 Å². The van der Waals surface area contributed by atoms with Crippen LogP contribution in [0.15, 0.2) is 30.6 Å². The van der Waals surface area contributed by atoms with Gasteiger partial charge in [-0.1, -0.05) is 6.07 Å². The van der Waals surface area contributed by atoms with Gasteiger partial charge in [0.15, 0.2) is 11.5 Å². The van der Waals surface area contributed by atoms with Gasteiger partial charge in [-0.3, -0.25) is 14.6 Å². The maximum atomic E-state index is 13.1. The lowest BCUT2D eigenvalue weighted by Crippen LogP contribution is -2.52. The van der Waals surface area contributed by atoms with Crippen molar-refractivity contribution in [3.8, 4) is 11.5 Å². The van der Waals surface area contributed by atoms with Crippen molar-refractivity contribution in [1.29, 1.82) is 0 Å². The summed E-state index contributed by atoms with van der Waals surface area (Å²) in [4.78, 5) is 36.0. The molecular formula is C23H28N4O4. The summed E-state index contributed by atoms with van der Waals surface area (Å²) in [7, 11) is 3.18. The molecule has 2 aliphatic heterocycles. The van der Waals surface area contributed by atoms with Crippen LogP contribution in [0.3, 0.4) is 0 Å². The molecule has 2 fully saturated rings. The third-order valence-electron chi connectivity index (χ3n) is 6.17. The highest BCUT2D eigenvalue weighted by Gasteiger charge is 2.43. The molecule has 0 spiro atoms. The molecule has 0 radical (unpaired) electrons. The van der Waals surface area contributed by atoms with E-state index in [1.165, 1.54) is 6.20 Å². The molecule has 4 rings (SSSR count). The van der Waals surface area contributed by atoms with E-state index in [-0.39, 0.29) is 29.9 Å². The molecule has 1 aromatic carbocycles. The van der Waals surface area contributed by atoms with Gasteiger partial charge in [-0.25, -0.2) is 4.98 Å². The Balaban J connectivity index is 1.38. The van der Waals surface area contributed by atoms with Crippen LogP contribution in [-0.2, 0) is 11.2 Å². The first-order valence-electron chi connectivity index (χ1n) is 10.6. The normalized spacial score (nSPS) is 22.2. The Kier molecular flexibility index (Phi) is 6.06. The monoisotopic (exact) mass is 424 g/mol. The Hall–Kier alpha value is -3.16. The number of aryl methyl sites for hydroxylation is 1. The number of nitrogens with one attached hydrogen (secondary N) is 1. The van der Waals surface area contributed by atoms with Gasteiger partial charge in [0.25, 0.3) is 5.91 Å². The Morgan fingerprint density at radius 2 is 1.77 bits per heavy atom. The second-order valence-corrected chi connectivity index (χ2v) is 8.24. The number of ether oxygens (including phenoxy) is 2. The lowest BCUT2D eigenvalue weighted by molar-refractivity contribution is -0.135. The average molecular weight is 425 g/mol. The fourth-order valence-electron chi connectivity index (χ4n) is 4.73. The van der Waals surface area contributed by atoms with Gasteiger partial charge in [0.2, 0.25) is 5.91 Å². The summed E-state index contributed by atoms with van der Waals surface area (Å²) in [6.07, 6.45) is 6.88. The number of hydrogen-bond donors (Lipinski definition) is 1. The van der Waals surface area contributed by atoms with E-state index < -0.39 is 0 Å². The summed E-state index contributed by atoms with van der Waals surface area (Å²) in [6.45, 7) is 1.83. The zero-order valence-corrected chi connectivity index (χ0v) is 18.1. The summed E-state index contributed by atoms with van der Waals surface area (Å²) >= 11 is 0. The van der Waals surface area contributed by atoms with E-state index in [1.807, 2.05) is 30.0 Å². The molecular weight excluding hydrogens is 396 g/mol. The molecule has 8 nitrogen and oxygen atoms in total. The van der Waals surface area contributed by atoms with Crippen molar-refractivity contribution in [2.24, 2.45) is 0 Å². The fourth-order valence-corrected chi connectivity index (χ4v) is 4.73. The molecule has 1 aromatic heterocycles. The number of rotatable bonds is 6. The molecule has 2 aliphatic rings. The van der Waals surface area contributed by atoms with Crippen LogP contribution in [0.5, 0.6) is 11.5 Å². The van der Waals surface area contributed by atoms with Crippen molar-refractivity contribution >= 4 is 11.8 Å². The number of carbonyl (C=O) groups is 2. The van der Waals surface area contributed by atoms with Gasteiger partial charge in [0.05, 0.1) is 32.5 Å². The van der Waals surface area contributed by atoms with Crippen LogP contribution in [-0.4, -0.2) is 59.0 Å².